The van der Waals surface area contributed by atoms with Crippen molar-refractivity contribution in [2.75, 3.05) is 0 Å². The normalized spacial score (nSPS) is 10.8. The van der Waals surface area contributed by atoms with E-state index < -0.39 is 10.4 Å². The Morgan fingerprint density at radius 1 is 0.857 bits per heavy atom. The van der Waals surface area contributed by atoms with Crippen molar-refractivity contribution in [2.45, 2.75) is 77.6 Å². The molecule has 0 aromatic heterocycles. The quantitative estimate of drug-likeness (QED) is 0.263. The van der Waals surface area contributed by atoms with E-state index in [9.17, 15) is 0 Å². The minimum absolute atomic E-state index is 0. The Hall–Kier alpha value is 0.480. The van der Waals surface area contributed by atoms with Crippen LogP contribution in [0.3, 0.4) is 0 Å². The van der Waals surface area contributed by atoms with Gasteiger partial charge in [0.25, 0.3) is 0 Å². The summed E-state index contributed by atoms with van der Waals surface area (Å²) in [6, 6.07) is 0. The van der Waals surface area contributed by atoms with Gasteiger partial charge in [0.05, 0.1) is 0 Å². The van der Waals surface area contributed by atoms with Gasteiger partial charge in [0, 0.05) is 0 Å². The number of rotatable bonds is 11. The van der Waals surface area contributed by atoms with Crippen LogP contribution in [0.15, 0.2) is 12.2 Å². The summed E-state index contributed by atoms with van der Waals surface area (Å²) in [5.41, 5.74) is 0. The molecule has 4 nitrogen and oxygen atoms in total. The van der Waals surface area contributed by atoms with Gasteiger partial charge >= 0.3 is 40.0 Å². The Balaban J connectivity index is -0.000000465. The van der Waals surface area contributed by atoms with Crippen LogP contribution in [0.1, 0.15) is 77.6 Å². The van der Waals surface area contributed by atoms with Gasteiger partial charge in [-0.05, 0) is 0 Å². The monoisotopic (exact) mass is 330 g/mol. The van der Waals surface area contributed by atoms with Gasteiger partial charge in [0.15, 0.2) is 0 Å². The van der Waals surface area contributed by atoms with Crippen molar-refractivity contribution in [1.82, 2.24) is 0 Å². The molecule has 0 spiro atoms. The van der Waals surface area contributed by atoms with Crippen LogP contribution < -0.4 is 29.6 Å². The molecule has 0 amide bonds. The minimum atomic E-state index is -4.67. The van der Waals surface area contributed by atoms with Crippen LogP contribution >= 0.6 is 0 Å². The Morgan fingerprint density at radius 2 is 1.19 bits per heavy atom. The maximum Gasteiger partial charge on any atom is 1.00 e. The third-order valence-electron chi connectivity index (χ3n) is 2.89. The molecule has 0 fully saturated rings. The van der Waals surface area contributed by atoms with Crippen molar-refractivity contribution < 1.29 is 47.1 Å². The first-order valence-electron chi connectivity index (χ1n) is 7.56. The average molecular weight is 330 g/mol. The summed E-state index contributed by atoms with van der Waals surface area (Å²) in [7, 11) is -4.67. The predicted molar refractivity (Wildman–Crippen MR) is 85.1 cm³/mol. The van der Waals surface area contributed by atoms with Crippen LogP contribution in [0.4, 0.5) is 0 Å². The first kappa shape index (κ1) is 26.4. The predicted octanol–water partition coefficient (Wildman–Crippen LogP) is 2.04. The molecule has 0 saturated heterocycles. The van der Waals surface area contributed by atoms with E-state index >= 15 is 0 Å². The van der Waals surface area contributed by atoms with Crippen LogP contribution in [0.25, 0.3) is 0 Å². The summed E-state index contributed by atoms with van der Waals surface area (Å²) in [4.78, 5) is 0. The molecule has 6 heteroatoms. The van der Waals surface area contributed by atoms with E-state index in [4.69, 9.17) is 17.5 Å². The van der Waals surface area contributed by atoms with Crippen LogP contribution in [0, 0.1) is 6.92 Å². The first-order chi connectivity index (χ1) is 9.41. The van der Waals surface area contributed by atoms with Crippen LogP contribution in [0.2, 0.25) is 0 Å². The molecular formula is C15H31NaO4S. The van der Waals surface area contributed by atoms with E-state index in [1.165, 1.54) is 70.6 Å². The molecule has 0 atom stereocenters. The van der Waals surface area contributed by atoms with Gasteiger partial charge in [-0.25, -0.2) is 19.1 Å². The van der Waals surface area contributed by atoms with Gasteiger partial charge in [-0.1, -0.05) is 71.1 Å². The number of unbranched alkanes of at least 4 members (excludes halogenated alkanes) is 10. The van der Waals surface area contributed by atoms with E-state index in [2.05, 4.69) is 19.9 Å². The summed E-state index contributed by atoms with van der Waals surface area (Å²) in [5, 5.41) is 0. The summed E-state index contributed by atoms with van der Waals surface area (Å²) in [6.07, 6.45) is 19.5. The largest absolute Gasteiger partial charge is 1.00 e. The molecule has 0 aliphatic carbocycles. The van der Waals surface area contributed by atoms with Crippen LogP contribution in [0.5, 0.6) is 0 Å². The van der Waals surface area contributed by atoms with Crippen molar-refractivity contribution in [1.29, 1.82) is 0 Å². The standard InChI is InChI=1S/C15H29.Na.H2O4S/c1-3-5-7-9-11-13-15-14-12-10-8-6-4-2;;1-5(2,3)4/h3,5H,1,4,6-15H2,2H3;;(H2,1,2,3,4)/q-1;+1;. The second-order valence-corrected chi connectivity index (χ2v) is 5.79. The van der Waals surface area contributed by atoms with Gasteiger partial charge < -0.3 is 0 Å². The van der Waals surface area contributed by atoms with Crippen molar-refractivity contribution in [3.8, 4) is 0 Å². The summed E-state index contributed by atoms with van der Waals surface area (Å²) in [5.74, 6) is 0. The zero-order valence-corrected chi connectivity index (χ0v) is 16.6. The third kappa shape index (κ3) is 44.9. The SMILES string of the molecule is O=S(=O)(O)O.[CH2-]C=CCCCCCCCCCCCC.[Na+]. The first-order valence-corrected chi connectivity index (χ1v) is 8.95. The summed E-state index contributed by atoms with van der Waals surface area (Å²) >= 11 is 0. The minimum Gasteiger partial charge on any atom is -0.264 e. The molecule has 0 aromatic rings. The van der Waals surface area contributed by atoms with Gasteiger partial charge in [-0.2, -0.15) is 8.42 Å². The molecule has 0 aromatic carbocycles. The molecule has 0 saturated carbocycles. The van der Waals surface area contributed by atoms with Gasteiger partial charge in [-0.3, -0.25) is 9.11 Å². The Labute approximate surface area is 153 Å². The molecule has 122 valence electrons. The fourth-order valence-electron chi connectivity index (χ4n) is 1.87. The van der Waals surface area contributed by atoms with Crippen molar-refractivity contribution in [3.05, 3.63) is 19.1 Å². The van der Waals surface area contributed by atoms with Crippen molar-refractivity contribution in [3.63, 3.8) is 0 Å². The topological polar surface area (TPSA) is 74.6 Å². The van der Waals surface area contributed by atoms with Crippen LogP contribution in [-0.2, 0) is 10.4 Å². The fourth-order valence-corrected chi connectivity index (χ4v) is 1.87. The molecule has 2 N–H and O–H groups in total. The van der Waals surface area contributed by atoms with Crippen molar-refractivity contribution in [2.24, 2.45) is 0 Å². The summed E-state index contributed by atoms with van der Waals surface area (Å²) < 4.78 is 31.6. The Bertz CT molecular complexity index is 295. The summed E-state index contributed by atoms with van der Waals surface area (Å²) in [6.45, 7) is 5.97. The van der Waals surface area contributed by atoms with E-state index in [1.807, 2.05) is 6.08 Å². The zero-order chi connectivity index (χ0) is 15.7. The zero-order valence-electron chi connectivity index (χ0n) is 13.8. The van der Waals surface area contributed by atoms with Crippen molar-refractivity contribution >= 4 is 10.4 Å². The van der Waals surface area contributed by atoms with Gasteiger partial charge in [0.1, 0.15) is 0 Å². The van der Waals surface area contributed by atoms with E-state index in [-0.39, 0.29) is 29.6 Å². The van der Waals surface area contributed by atoms with Crippen LogP contribution in [-0.4, -0.2) is 17.5 Å². The number of hydrogen-bond donors (Lipinski definition) is 2. The van der Waals surface area contributed by atoms with E-state index in [0.717, 1.165) is 0 Å². The Morgan fingerprint density at radius 3 is 1.52 bits per heavy atom. The molecule has 0 bridgehead atoms. The number of hydrogen-bond acceptors (Lipinski definition) is 2. The molecule has 0 heterocycles. The molecular weight excluding hydrogens is 299 g/mol. The van der Waals surface area contributed by atoms with E-state index in [1.54, 1.807) is 0 Å². The molecule has 0 aliphatic heterocycles. The maximum atomic E-state index is 8.74. The molecule has 0 unspecified atom stereocenters. The molecule has 0 radical (unpaired) electrons. The molecule has 21 heavy (non-hydrogen) atoms. The maximum absolute atomic E-state index is 8.74. The smallest absolute Gasteiger partial charge is 0.264 e. The molecule has 0 rings (SSSR count). The average Bonchev–Trinajstić information content (AvgIpc) is 2.34. The van der Waals surface area contributed by atoms with E-state index in [0.29, 0.717) is 0 Å². The van der Waals surface area contributed by atoms with Gasteiger partial charge in [0.2, 0.25) is 0 Å². The fraction of sp³-hybridized carbons (Fsp3) is 0.800. The second-order valence-electron chi connectivity index (χ2n) is 4.89. The van der Waals surface area contributed by atoms with Gasteiger partial charge in [-0.15, -0.1) is 6.42 Å². The molecule has 0 aliphatic rings. The third-order valence-corrected chi connectivity index (χ3v) is 2.89. The Kier molecular flexibility index (Phi) is 25.7. The second kappa shape index (κ2) is 20.5. The number of allylic oxidation sites excluding steroid dienone is 2.